The summed E-state index contributed by atoms with van der Waals surface area (Å²) in [6.07, 6.45) is -5.08. The van der Waals surface area contributed by atoms with E-state index in [1.54, 1.807) is 17.5 Å². The number of aromatic carboxylic acids is 1. The van der Waals surface area contributed by atoms with E-state index in [9.17, 15) is 18.0 Å². The van der Waals surface area contributed by atoms with Gasteiger partial charge in [-0.1, -0.05) is 6.07 Å². The summed E-state index contributed by atoms with van der Waals surface area (Å²) >= 11 is 1.23. The summed E-state index contributed by atoms with van der Waals surface area (Å²) < 4.78 is 31.7. The van der Waals surface area contributed by atoms with Gasteiger partial charge in [0.25, 0.3) is 0 Å². The molecule has 0 aromatic carbocycles. The molecule has 0 bridgehead atoms. The number of carboxylic acids is 2. The SMILES string of the molecule is O=C(O)C(F)(F)F.O=C(O)c1cccs1. The maximum Gasteiger partial charge on any atom is 0.490 e. The fourth-order valence-corrected chi connectivity index (χ4v) is 0.962. The molecule has 1 heterocycles. The quantitative estimate of drug-likeness (QED) is 0.790. The summed E-state index contributed by atoms with van der Waals surface area (Å²) in [5, 5.41) is 17.1. The maximum atomic E-state index is 10.6. The minimum Gasteiger partial charge on any atom is -0.477 e. The Balaban J connectivity index is 0.000000265. The standard InChI is InChI=1S/C5H4O2S.C2HF3O2/c6-5(7)4-2-1-3-8-4;3-2(4,5)1(6)7/h1-3H,(H,6,7);(H,6,7). The van der Waals surface area contributed by atoms with Gasteiger partial charge in [-0.05, 0) is 11.4 Å². The van der Waals surface area contributed by atoms with Gasteiger partial charge in [0.1, 0.15) is 4.88 Å². The van der Waals surface area contributed by atoms with E-state index in [2.05, 4.69) is 0 Å². The van der Waals surface area contributed by atoms with Gasteiger partial charge in [-0.2, -0.15) is 13.2 Å². The Labute approximate surface area is 85.6 Å². The Morgan fingerprint density at radius 2 is 1.73 bits per heavy atom. The van der Waals surface area contributed by atoms with Crippen LogP contribution in [0.15, 0.2) is 17.5 Å². The predicted octanol–water partition coefficient (Wildman–Crippen LogP) is 2.08. The van der Waals surface area contributed by atoms with Crippen LogP contribution in [0.5, 0.6) is 0 Å². The monoisotopic (exact) mass is 242 g/mol. The van der Waals surface area contributed by atoms with E-state index in [0.717, 1.165) is 0 Å². The topological polar surface area (TPSA) is 74.6 Å². The third-order valence-corrected chi connectivity index (χ3v) is 1.83. The van der Waals surface area contributed by atoms with E-state index >= 15 is 0 Å². The van der Waals surface area contributed by atoms with Gasteiger partial charge in [-0.3, -0.25) is 0 Å². The van der Waals surface area contributed by atoms with E-state index < -0.39 is 18.1 Å². The largest absolute Gasteiger partial charge is 0.490 e. The van der Waals surface area contributed by atoms with Crippen LogP contribution in [0.4, 0.5) is 13.2 Å². The molecule has 0 aliphatic rings. The van der Waals surface area contributed by atoms with Crippen molar-refractivity contribution in [1.29, 1.82) is 0 Å². The number of halogens is 3. The Hall–Kier alpha value is -1.57. The molecule has 8 heteroatoms. The average Bonchev–Trinajstić information content (AvgIpc) is 2.54. The molecule has 0 aliphatic carbocycles. The van der Waals surface area contributed by atoms with Crippen molar-refractivity contribution < 1.29 is 33.0 Å². The molecule has 0 fully saturated rings. The molecule has 4 nitrogen and oxygen atoms in total. The van der Waals surface area contributed by atoms with Crippen molar-refractivity contribution in [1.82, 2.24) is 0 Å². The lowest BCUT2D eigenvalue weighted by molar-refractivity contribution is -0.192. The second kappa shape index (κ2) is 5.35. The first-order chi connectivity index (χ1) is 6.75. The molecule has 84 valence electrons. The molecule has 0 saturated heterocycles. The van der Waals surface area contributed by atoms with E-state index in [4.69, 9.17) is 15.0 Å². The number of carbonyl (C=O) groups is 2. The first-order valence-corrected chi connectivity index (χ1v) is 4.20. The number of alkyl halides is 3. The number of carboxylic acid groups (broad SMARTS) is 2. The van der Waals surface area contributed by atoms with Gasteiger partial charge in [0.2, 0.25) is 0 Å². The molecule has 0 saturated carbocycles. The van der Waals surface area contributed by atoms with Crippen LogP contribution < -0.4 is 0 Å². The van der Waals surface area contributed by atoms with Crippen LogP contribution in [0.1, 0.15) is 9.67 Å². The third-order valence-electron chi connectivity index (χ3n) is 0.974. The highest BCUT2D eigenvalue weighted by Crippen LogP contribution is 2.13. The number of thiophene rings is 1. The molecular weight excluding hydrogens is 237 g/mol. The molecule has 0 amide bonds. The molecule has 0 atom stereocenters. The minimum atomic E-state index is -5.08. The fourth-order valence-electron chi connectivity index (χ4n) is 0.400. The van der Waals surface area contributed by atoms with Gasteiger partial charge in [-0.25, -0.2) is 9.59 Å². The van der Waals surface area contributed by atoms with Gasteiger partial charge in [0, 0.05) is 0 Å². The Morgan fingerprint density at radius 1 is 1.27 bits per heavy atom. The lowest BCUT2D eigenvalue weighted by Gasteiger charge is -1.93. The van der Waals surface area contributed by atoms with Crippen LogP contribution in [-0.4, -0.2) is 28.3 Å². The molecule has 0 unspecified atom stereocenters. The van der Waals surface area contributed by atoms with E-state index in [1.807, 2.05) is 0 Å². The Kier molecular flexibility index (Phi) is 4.79. The van der Waals surface area contributed by atoms with Crippen molar-refractivity contribution in [3.05, 3.63) is 22.4 Å². The molecule has 0 radical (unpaired) electrons. The molecule has 2 N–H and O–H groups in total. The third kappa shape index (κ3) is 5.68. The van der Waals surface area contributed by atoms with E-state index in [1.165, 1.54) is 11.3 Å². The van der Waals surface area contributed by atoms with Crippen LogP contribution in [-0.2, 0) is 4.79 Å². The van der Waals surface area contributed by atoms with Crippen molar-refractivity contribution in [2.24, 2.45) is 0 Å². The zero-order valence-corrected chi connectivity index (χ0v) is 7.80. The molecule has 15 heavy (non-hydrogen) atoms. The first-order valence-electron chi connectivity index (χ1n) is 3.32. The van der Waals surface area contributed by atoms with E-state index in [-0.39, 0.29) is 0 Å². The van der Waals surface area contributed by atoms with Crippen molar-refractivity contribution in [3.63, 3.8) is 0 Å². The highest BCUT2D eigenvalue weighted by atomic mass is 32.1. The Morgan fingerprint density at radius 3 is 1.87 bits per heavy atom. The number of rotatable bonds is 1. The summed E-state index contributed by atoms with van der Waals surface area (Å²) in [6, 6.07) is 3.29. The minimum absolute atomic E-state index is 0.394. The molecule has 1 rings (SSSR count). The molecule has 1 aromatic heterocycles. The van der Waals surface area contributed by atoms with Crippen LogP contribution in [0.3, 0.4) is 0 Å². The molecule has 1 aromatic rings. The summed E-state index contributed by atoms with van der Waals surface area (Å²) in [6.45, 7) is 0. The van der Waals surface area contributed by atoms with Crippen molar-refractivity contribution in [3.8, 4) is 0 Å². The van der Waals surface area contributed by atoms with Crippen LogP contribution in [0.25, 0.3) is 0 Å². The predicted molar refractivity (Wildman–Crippen MR) is 45.0 cm³/mol. The van der Waals surface area contributed by atoms with Gasteiger partial charge < -0.3 is 10.2 Å². The first kappa shape index (κ1) is 13.4. The summed E-state index contributed by atoms with van der Waals surface area (Å²) in [4.78, 5) is 19.4. The normalized spacial score (nSPS) is 10.1. The summed E-state index contributed by atoms with van der Waals surface area (Å²) in [5.41, 5.74) is 0. The van der Waals surface area contributed by atoms with Gasteiger partial charge >= 0.3 is 18.1 Å². The zero-order chi connectivity index (χ0) is 12.1. The smallest absolute Gasteiger partial charge is 0.477 e. The number of aliphatic carboxylic acids is 1. The van der Waals surface area contributed by atoms with Gasteiger partial charge in [0.15, 0.2) is 0 Å². The molecular formula is C7H5F3O4S. The number of hydrogen-bond acceptors (Lipinski definition) is 3. The highest BCUT2D eigenvalue weighted by Gasteiger charge is 2.38. The average molecular weight is 242 g/mol. The molecule has 0 aliphatic heterocycles. The van der Waals surface area contributed by atoms with Crippen molar-refractivity contribution >= 4 is 23.3 Å². The lowest BCUT2D eigenvalue weighted by Crippen LogP contribution is -2.21. The van der Waals surface area contributed by atoms with Crippen LogP contribution in [0, 0.1) is 0 Å². The van der Waals surface area contributed by atoms with Gasteiger partial charge in [0.05, 0.1) is 0 Å². The zero-order valence-electron chi connectivity index (χ0n) is 6.99. The van der Waals surface area contributed by atoms with Crippen LogP contribution >= 0.6 is 11.3 Å². The number of hydrogen-bond donors (Lipinski definition) is 2. The molecule has 0 spiro atoms. The maximum absolute atomic E-state index is 10.6. The highest BCUT2D eigenvalue weighted by molar-refractivity contribution is 7.11. The van der Waals surface area contributed by atoms with E-state index in [0.29, 0.717) is 4.88 Å². The summed E-state index contributed by atoms with van der Waals surface area (Å²) in [5.74, 6) is -3.60. The van der Waals surface area contributed by atoms with Crippen molar-refractivity contribution in [2.75, 3.05) is 0 Å². The lowest BCUT2D eigenvalue weighted by atomic mass is 10.5. The van der Waals surface area contributed by atoms with Gasteiger partial charge in [-0.15, -0.1) is 11.3 Å². The Bertz CT molecular complexity index is 331. The fraction of sp³-hybridized carbons (Fsp3) is 0.143. The van der Waals surface area contributed by atoms with Crippen LogP contribution in [0.2, 0.25) is 0 Å². The second-order valence-corrected chi connectivity index (χ2v) is 3.03. The second-order valence-electron chi connectivity index (χ2n) is 2.09. The summed E-state index contributed by atoms with van der Waals surface area (Å²) in [7, 11) is 0. The van der Waals surface area contributed by atoms with Crippen molar-refractivity contribution in [2.45, 2.75) is 6.18 Å².